The second-order valence-electron chi connectivity index (χ2n) is 4.29. The summed E-state index contributed by atoms with van der Waals surface area (Å²) in [7, 11) is 2.16. The number of fused-ring (bicyclic) bond motifs is 1. The first kappa shape index (κ1) is 8.27. The van der Waals surface area contributed by atoms with Crippen LogP contribution in [-0.4, -0.2) is 36.2 Å². The van der Waals surface area contributed by atoms with E-state index in [-0.39, 0.29) is 6.10 Å². The number of aliphatic hydroxyl groups excluding tert-OH is 1. The third kappa shape index (κ3) is 1.29. The normalized spacial score (nSPS) is 42.6. The quantitative estimate of drug-likeness (QED) is 0.541. The van der Waals surface area contributed by atoms with Gasteiger partial charge in [0.2, 0.25) is 0 Å². The molecular weight excluding hydrogens is 150 g/mol. The number of piperidine rings is 1. The fourth-order valence-electron chi connectivity index (χ4n) is 2.62. The molecule has 2 heteroatoms. The molecule has 1 heterocycles. The molecule has 1 N–H and O–H groups in total. The van der Waals surface area contributed by atoms with Crippen LogP contribution in [0.5, 0.6) is 0 Å². The van der Waals surface area contributed by atoms with Crippen molar-refractivity contribution < 1.29 is 5.11 Å². The topological polar surface area (TPSA) is 23.5 Å². The maximum atomic E-state index is 9.47. The Balaban J connectivity index is 2.15. The third-order valence-electron chi connectivity index (χ3n) is 3.07. The van der Waals surface area contributed by atoms with E-state index >= 15 is 0 Å². The minimum absolute atomic E-state index is 0.168. The van der Waals surface area contributed by atoms with Gasteiger partial charge in [0.15, 0.2) is 0 Å². The smallest absolute Gasteiger partial charge is 0.0729 e. The molecular formula is C10H17NO. The molecule has 0 aromatic heterocycles. The van der Waals surface area contributed by atoms with Gasteiger partial charge in [-0.3, -0.25) is 0 Å². The first-order chi connectivity index (χ1) is 5.66. The molecule has 12 heavy (non-hydrogen) atoms. The molecule has 0 aromatic carbocycles. The lowest BCUT2D eigenvalue weighted by Gasteiger charge is -2.34. The SMILES string of the molecule is CC1CN(C)CC2CC(O)C=C12. The van der Waals surface area contributed by atoms with Crippen molar-refractivity contribution in [3.05, 3.63) is 11.6 Å². The molecule has 0 radical (unpaired) electrons. The molecule has 0 spiro atoms. The number of nitrogens with zero attached hydrogens (tertiary/aromatic N) is 1. The lowest BCUT2D eigenvalue weighted by molar-refractivity contribution is 0.176. The maximum Gasteiger partial charge on any atom is 0.0729 e. The molecule has 68 valence electrons. The van der Waals surface area contributed by atoms with Crippen LogP contribution in [0.2, 0.25) is 0 Å². The Labute approximate surface area is 73.9 Å². The summed E-state index contributed by atoms with van der Waals surface area (Å²) in [4.78, 5) is 2.37. The van der Waals surface area contributed by atoms with Crippen LogP contribution in [0.15, 0.2) is 11.6 Å². The van der Waals surface area contributed by atoms with Crippen molar-refractivity contribution in [1.82, 2.24) is 4.90 Å². The lowest BCUT2D eigenvalue weighted by Crippen LogP contribution is -2.37. The fourth-order valence-corrected chi connectivity index (χ4v) is 2.62. The molecule has 1 saturated heterocycles. The number of hydrogen-bond acceptors (Lipinski definition) is 2. The van der Waals surface area contributed by atoms with Crippen molar-refractivity contribution in [1.29, 1.82) is 0 Å². The molecule has 3 atom stereocenters. The second-order valence-corrected chi connectivity index (χ2v) is 4.29. The van der Waals surface area contributed by atoms with Gasteiger partial charge in [0, 0.05) is 13.1 Å². The van der Waals surface area contributed by atoms with Crippen LogP contribution in [0.1, 0.15) is 13.3 Å². The Kier molecular flexibility index (Phi) is 1.97. The van der Waals surface area contributed by atoms with E-state index in [0.29, 0.717) is 11.8 Å². The van der Waals surface area contributed by atoms with E-state index in [4.69, 9.17) is 0 Å². The van der Waals surface area contributed by atoms with E-state index in [0.717, 1.165) is 19.5 Å². The Morgan fingerprint density at radius 1 is 1.50 bits per heavy atom. The monoisotopic (exact) mass is 167 g/mol. The second kappa shape index (κ2) is 2.86. The third-order valence-corrected chi connectivity index (χ3v) is 3.07. The zero-order valence-corrected chi connectivity index (χ0v) is 7.83. The van der Waals surface area contributed by atoms with Gasteiger partial charge in [0.05, 0.1) is 6.10 Å². The van der Waals surface area contributed by atoms with Crippen LogP contribution < -0.4 is 0 Å². The van der Waals surface area contributed by atoms with E-state index < -0.39 is 0 Å². The van der Waals surface area contributed by atoms with Gasteiger partial charge in [-0.1, -0.05) is 18.6 Å². The summed E-state index contributed by atoms with van der Waals surface area (Å²) in [6.45, 7) is 4.54. The Bertz CT molecular complexity index is 212. The summed E-state index contributed by atoms with van der Waals surface area (Å²) in [5.74, 6) is 1.28. The van der Waals surface area contributed by atoms with Crippen molar-refractivity contribution in [3.8, 4) is 0 Å². The van der Waals surface area contributed by atoms with Crippen LogP contribution in [0.3, 0.4) is 0 Å². The van der Waals surface area contributed by atoms with Gasteiger partial charge in [0.1, 0.15) is 0 Å². The standard InChI is InChI=1S/C10H17NO/c1-7-5-11(2)6-8-3-9(12)4-10(7)8/h4,7-9,12H,3,5-6H2,1-2H3. The molecule has 2 nitrogen and oxygen atoms in total. The zero-order valence-electron chi connectivity index (χ0n) is 7.83. The van der Waals surface area contributed by atoms with Crippen molar-refractivity contribution in [2.75, 3.05) is 20.1 Å². The summed E-state index contributed by atoms with van der Waals surface area (Å²) in [5, 5.41) is 9.47. The average Bonchev–Trinajstić information content (AvgIpc) is 2.29. The van der Waals surface area contributed by atoms with Crippen LogP contribution in [0, 0.1) is 11.8 Å². The minimum Gasteiger partial charge on any atom is -0.389 e. The van der Waals surface area contributed by atoms with E-state index in [1.54, 1.807) is 0 Å². The van der Waals surface area contributed by atoms with Gasteiger partial charge in [0.25, 0.3) is 0 Å². The first-order valence-corrected chi connectivity index (χ1v) is 4.75. The predicted molar refractivity (Wildman–Crippen MR) is 48.9 cm³/mol. The van der Waals surface area contributed by atoms with Gasteiger partial charge in [-0.2, -0.15) is 0 Å². The van der Waals surface area contributed by atoms with Crippen LogP contribution in [0.4, 0.5) is 0 Å². The number of hydrogen-bond donors (Lipinski definition) is 1. The van der Waals surface area contributed by atoms with Crippen LogP contribution in [-0.2, 0) is 0 Å². The van der Waals surface area contributed by atoms with Crippen LogP contribution >= 0.6 is 0 Å². The summed E-state index contributed by atoms with van der Waals surface area (Å²) < 4.78 is 0. The van der Waals surface area contributed by atoms with Crippen molar-refractivity contribution in [2.45, 2.75) is 19.4 Å². The molecule has 2 rings (SSSR count). The number of rotatable bonds is 0. The van der Waals surface area contributed by atoms with E-state index in [1.165, 1.54) is 5.57 Å². The molecule has 1 aliphatic heterocycles. The van der Waals surface area contributed by atoms with E-state index in [1.807, 2.05) is 0 Å². The maximum absolute atomic E-state index is 9.47. The van der Waals surface area contributed by atoms with Crippen molar-refractivity contribution >= 4 is 0 Å². The largest absolute Gasteiger partial charge is 0.389 e. The van der Waals surface area contributed by atoms with Crippen molar-refractivity contribution in [2.24, 2.45) is 11.8 Å². The first-order valence-electron chi connectivity index (χ1n) is 4.75. The average molecular weight is 167 g/mol. The molecule has 0 saturated carbocycles. The summed E-state index contributed by atoms with van der Waals surface area (Å²) >= 11 is 0. The molecule has 0 bridgehead atoms. The fraction of sp³-hybridized carbons (Fsp3) is 0.800. The highest BCUT2D eigenvalue weighted by atomic mass is 16.3. The van der Waals surface area contributed by atoms with Gasteiger partial charge in [-0.15, -0.1) is 0 Å². The van der Waals surface area contributed by atoms with Gasteiger partial charge < -0.3 is 10.0 Å². The Hall–Kier alpha value is -0.340. The summed E-state index contributed by atoms with van der Waals surface area (Å²) in [6, 6.07) is 0. The summed E-state index contributed by atoms with van der Waals surface area (Å²) in [5.41, 5.74) is 1.50. The highest BCUT2D eigenvalue weighted by molar-refractivity contribution is 5.21. The van der Waals surface area contributed by atoms with Gasteiger partial charge in [-0.25, -0.2) is 0 Å². The highest BCUT2D eigenvalue weighted by Gasteiger charge is 2.33. The minimum atomic E-state index is -0.168. The Morgan fingerprint density at radius 3 is 3.00 bits per heavy atom. The molecule has 2 aliphatic rings. The summed E-state index contributed by atoms with van der Waals surface area (Å²) in [6.07, 6.45) is 2.85. The molecule has 3 unspecified atom stereocenters. The van der Waals surface area contributed by atoms with Crippen LogP contribution in [0.25, 0.3) is 0 Å². The molecule has 1 aliphatic carbocycles. The molecule has 0 amide bonds. The molecule has 0 aromatic rings. The number of likely N-dealkylation sites (tertiary alicyclic amines) is 1. The van der Waals surface area contributed by atoms with Gasteiger partial charge >= 0.3 is 0 Å². The van der Waals surface area contributed by atoms with E-state index in [9.17, 15) is 5.11 Å². The Morgan fingerprint density at radius 2 is 2.25 bits per heavy atom. The van der Waals surface area contributed by atoms with E-state index in [2.05, 4.69) is 24.9 Å². The zero-order chi connectivity index (χ0) is 8.72. The predicted octanol–water partition coefficient (Wildman–Crippen LogP) is 0.875. The number of aliphatic hydroxyl groups is 1. The van der Waals surface area contributed by atoms with Crippen molar-refractivity contribution in [3.63, 3.8) is 0 Å². The highest BCUT2D eigenvalue weighted by Crippen LogP contribution is 2.35. The van der Waals surface area contributed by atoms with Gasteiger partial charge in [-0.05, 0) is 25.3 Å². The lowest BCUT2D eigenvalue weighted by atomic mass is 9.87. The molecule has 1 fully saturated rings.